The molecule has 0 radical (unpaired) electrons. The number of methoxy groups -OCH3 is 7. The van der Waals surface area contributed by atoms with Gasteiger partial charge in [0, 0.05) is 65.5 Å². The molecular weight excluding hydrogens is 1330 g/mol. The summed E-state index contributed by atoms with van der Waals surface area (Å²) in [5.41, 5.74) is 9.64. The first kappa shape index (κ1) is 89.0. The van der Waals surface area contributed by atoms with E-state index < -0.39 is 41.7 Å². The quantitative estimate of drug-likeness (QED) is 0.0400. The molecule has 1 saturated heterocycles. The summed E-state index contributed by atoms with van der Waals surface area (Å²) >= 11 is 2.65. The fourth-order valence-corrected chi connectivity index (χ4v) is 11.2. The Kier molecular flexibility index (Phi) is 40.8. The maximum Gasteiger partial charge on any atom is 1.00 e. The summed E-state index contributed by atoms with van der Waals surface area (Å²) in [6.07, 6.45) is 7.12. The Bertz CT molecular complexity index is 3610. The van der Waals surface area contributed by atoms with Crippen LogP contribution < -0.4 is 114 Å². The molecule has 96 heavy (non-hydrogen) atoms. The van der Waals surface area contributed by atoms with E-state index in [2.05, 4.69) is 15.9 Å². The molecule has 5 aromatic rings. The van der Waals surface area contributed by atoms with Crippen molar-refractivity contribution in [1.82, 2.24) is 0 Å². The number of halogens is 2. The van der Waals surface area contributed by atoms with Crippen LogP contribution in [0.25, 0.3) is 17.2 Å². The molecule has 4 N–H and O–H groups in total. The van der Waals surface area contributed by atoms with Crippen molar-refractivity contribution in [3.63, 3.8) is 0 Å². The summed E-state index contributed by atoms with van der Waals surface area (Å²) in [6, 6.07) is 27.9. The minimum atomic E-state index is -1.08. The zero-order chi connectivity index (χ0) is 67.1. The molecule has 5 aliphatic carbocycles. The minimum Gasteiger partial charge on any atom is -1.00 e. The molecule has 22 nitrogen and oxygen atoms in total. The first-order valence-electron chi connectivity index (χ1n) is 28.5. The van der Waals surface area contributed by atoms with Crippen molar-refractivity contribution in [2.75, 3.05) is 62.2 Å². The van der Waals surface area contributed by atoms with Crippen molar-refractivity contribution in [2.24, 2.45) is 17.8 Å². The number of aliphatic hydroxyl groups is 2. The number of carbonyl (C=O) groups is 8. The van der Waals surface area contributed by atoms with Crippen LogP contribution in [0.3, 0.4) is 0 Å². The van der Waals surface area contributed by atoms with Crippen molar-refractivity contribution in [3.8, 4) is 28.7 Å². The van der Waals surface area contributed by atoms with E-state index in [9.17, 15) is 53.7 Å². The first-order chi connectivity index (χ1) is 43.6. The van der Waals surface area contributed by atoms with Gasteiger partial charge in [0.25, 0.3) is 0 Å². The number of alkyl halides is 1. The van der Waals surface area contributed by atoms with Crippen LogP contribution in [-0.4, -0.2) is 130 Å². The molecule has 0 bridgehead atoms. The number of ether oxygens (including phenoxy) is 8. The normalized spacial score (nSPS) is 15.8. The number of hydrogen-bond acceptors (Lipinski definition) is 20. The fourth-order valence-electron chi connectivity index (χ4n) is 11.2. The molecule has 5 aromatic carbocycles. The van der Waals surface area contributed by atoms with Crippen molar-refractivity contribution in [1.29, 1.82) is 0 Å². The third kappa shape index (κ3) is 23.6. The second kappa shape index (κ2) is 44.0. The zero-order valence-electron chi connectivity index (χ0n) is 55.1. The summed E-state index contributed by atoms with van der Waals surface area (Å²) in [6.45, 7) is 0. The second-order valence-corrected chi connectivity index (χ2v) is 21.3. The van der Waals surface area contributed by atoms with Gasteiger partial charge in [0.2, 0.25) is 0 Å². The average molecular weight is 1410 g/mol. The molecule has 27 heteroatoms. The number of Topliss-reactive ketones (excluding diaryl/α,β-unsaturated/α-hetero) is 2. The van der Waals surface area contributed by atoms with Crippen LogP contribution in [0.2, 0.25) is 0 Å². The Labute approximate surface area is 619 Å². The van der Waals surface area contributed by atoms with Crippen LogP contribution in [0.15, 0.2) is 108 Å². The molecule has 6 aliphatic rings. The van der Waals surface area contributed by atoms with E-state index in [0.29, 0.717) is 73.2 Å². The molecule has 1 fully saturated rings. The number of ketones is 2. The fraction of sp³-hybridized carbons (Fsp3) is 0.362. The predicted molar refractivity (Wildman–Crippen MR) is 338 cm³/mol. The Morgan fingerprint density at radius 1 is 0.552 bits per heavy atom. The standard InChI is InChI=1S/C15H16O6.2C13H14O4.C13H12O3.C11H12O2.C2H3BrO2.CH3O.CH4.ClH.2Li.Na/c1-20-11-5-3-4-9-10(11)6-8(7-12(16)17)14(18)13(9)15(19)21-2;1-16-11-5-3-4-9-8(11)6-7-10(14)12(9)13(15)17-2;1-17-12-4-2-3-8-6-11(14)9(5-10(8)12)7-13(15)16;1-15-11-4-2-3-8-6-12-9(5-10(8)11)7-13(14)16-12;1-13-11-4-2-3-8-7-9(12)5-6-10(8)11;3-1-2(4)5;1-2;;;;;/h3-5,8,18H,6-7H2,1-2H3,(H,16,17);3-5,14H,6-7H2,1-2H3;2-4,9H,5-7H2,1H3,(H,15,16);2-4,6,9H,5,7H2,1H3;2-4H,5-7H2,1H3;1H2,(H,4,5);1H3;1H4;1H;;;/q;;;;;;-1;;;3*+1/p-2. The Morgan fingerprint density at radius 3 is 1.49 bits per heavy atom. The zero-order valence-corrected chi connectivity index (χ0v) is 59.4. The van der Waals surface area contributed by atoms with E-state index in [1.807, 2.05) is 66.7 Å². The van der Waals surface area contributed by atoms with Gasteiger partial charge in [0.05, 0.1) is 75.0 Å². The Balaban J connectivity index is 0.00000114. The molecule has 0 saturated carbocycles. The van der Waals surface area contributed by atoms with Gasteiger partial charge < -0.3 is 85.7 Å². The first-order valence-corrected chi connectivity index (χ1v) is 29.6. The van der Waals surface area contributed by atoms with Gasteiger partial charge in [0.1, 0.15) is 68.7 Å². The monoisotopic (exact) mass is 1410 g/mol. The van der Waals surface area contributed by atoms with Crippen molar-refractivity contribution >= 4 is 80.5 Å². The average Bonchev–Trinajstić information content (AvgIpc) is 0.849. The molecule has 1 aliphatic heterocycles. The van der Waals surface area contributed by atoms with E-state index in [4.69, 9.17) is 53.2 Å². The van der Waals surface area contributed by atoms with E-state index in [1.165, 1.54) is 32.5 Å². The molecule has 0 spiro atoms. The van der Waals surface area contributed by atoms with Gasteiger partial charge in [-0.25, -0.2) is 9.59 Å². The maximum atomic E-state index is 11.9. The Morgan fingerprint density at radius 2 is 0.979 bits per heavy atom. The molecule has 3 atom stereocenters. The number of benzene rings is 5. The minimum absolute atomic E-state index is 0. The number of hydrogen-bond donors (Lipinski definition) is 4. The number of carbonyl (C=O) groups excluding carboxylic acids is 6. The van der Waals surface area contributed by atoms with Crippen LogP contribution in [0, 0.1) is 17.8 Å². The number of fused-ring (bicyclic) bond motifs is 6. The summed E-state index contributed by atoms with van der Waals surface area (Å²) in [7, 11) is 11.3. The molecule has 502 valence electrons. The predicted octanol–water partition coefficient (Wildman–Crippen LogP) is -4.01. The summed E-state index contributed by atoms with van der Waals surface area (Å²) in [5.74, 6) is -0.455. The van der Waals surface area contributed by atoms with Crippen LogP contribution in [0.1, 0.15) is 95.2 Å². The third-order valence-electron chi connectivity index (χ3n) is 15.4. The second-order valence-electron chi connectivity index (χ2n) is 20.7. The molecular formula is C69H77BrClLi2NaO22. The van der Waals surface area contributed by atoms with Gasteiger partial charge in [0.15, 0.2) is 0 Å². The number of allylic oxidation sites excluding steroid dienone is 3. The van der Waals surface area contributed by atoms with Crippen molar-refractivity contribution in [3.05, 3.63) is 164 Å². The van der Waals surface area contributed by atoms with Crippen molar-refractivity contribution < 1.29 is 187 Å². The van der Waals surface area contributed by atoms with Crippen LogP contribution in [-0.2, 0) is 97.5 Å². The number of aliphatic hydroxyl groups excluding tert-OH is 2. The van der Waals surface area contributed by atoms with Crippen LogP contribution in [0.4, 0.5) is 0 Å². The van der Waals surface area contributed by atoms with Crippen LogP contribution in [0.5, 0.6) is 28.7 Å². The molecule has 11 rings (SSSR count). The van der Waals surface area contributed by atoms with Gasteiger partial charge in [-0.2, -0.15) is 7.11 Å². The number of esters is 3. The maximum absolute atomic E-state index is 11.9. The topological polar surface area (TPSA) is 337 Å². The SMILES string of the molecule is C.COC(=O)C1=C(O)C(CC(=O)O)Cc2c(OC)cccc21.COC(=O)C1=C(O)CCc2c(OC)cccc21.COc1cccc2c1CC(CC(=O)O)C(=O)C2.COc1cccc2c1CC1CC(=O)OC1=C2.COc1cccc2c1CCC(=O)C2.C[O-].O=C([O-])CBr.[Cl-].[Li+].[Li+].[Na+]. The third-order valence-corrected chi connectivity index (χ3v) is 15.8. The van der Waals surface area contributed by atoms with E-state index in [0.717, 1.165) is 76.5 Å². The smallest absolute Gasteiger partial charge is 1.00 e. The van der Waals surface area contributed by atoms with E-state index >= 15 is 0 Å². The molecule has 0 amide bonds. The Hall–Kier alpha value is -7.00. The van der Waals surface area contributed by atoms with E-state index in [1.54, 1.807) is 58.8 Å². The van der Waals surface area contributed by atoms with E-state index in [-0.39, 0.29) is 152 Å². The van der Waals surface area contributed by atoms with Gasteiger partial charge >= 0.3 is 97.1 Å². The summed E-state index contributed by atoms with van der Waals surface area (Å²) < 4.78 is 40.9. The molecule has 1 heterocycles. The van der Waals surface area contributed by atoms with Crippen LogP contribution >= 0.6 is 15.9 Å². The van der Waals surface area contributed by atoms with Gasteiger partial charge in [-0.05, 0) is 107 Å². The molecule has 0 aromatic heterocycles. The number of rotatable bonds is 12. The van der Waals surface area contributed by atoms with Gasteiger partial charge in [-0.3, -0.25) is 24.0 Å². The summed E-state index contributed by atoms with van der Waals surface area (Å²) in [5, 5.41) is 55.2. The van der Waals surface area contributed by atoms with Gasteiger partial charge in [-0.1, -0.05) is 84.0 Å². The largest absolute Gasteiger partial charge is 1.00 e. The number of aliphatic carboxylic acids is 3. The molecule has 3 unspecified atom stereocenters. The number of carboxylic acid groups (broad SMARTS) is 3. The van der Waals surface area contributed by atoms with Crippen molar-refractivity contribution in [2.45, 2.75) is 84.5 Å². The summed E-state index contributed by atoms with van der Waals surface area (Å²) in [4.78, 5) is 88.6. The number of carboxylic acids is 3. The van der Waals surface area contributed by atoms with Gasteiger partial charge in [-0.15, -0.1) is 0 Å².